The summed E-state index contributed by atoms with van der Waals surface area (Å²) >= 11 is 1.50. The number of carbonyl (C=O) groups excluding carboxylic acids is 1. The first-order valence-corrected chi connectivity index (χ1v) is 9.24. The number of fused-ring (bicyclic) bond motifs is 5. The van der Waals surface area contributed by atoms with Crippen LogP contribution >= 0.6 is 11.3 Å². The highest BCUT2D eigenvalue weighted by molar-refractivity contribution is 7.12. The zero-order valence-corrected chi connectivity index (χ0v) is 14.3. The third kappa shape index (κ3) is 2.22. The number of rotatable bonds is 0. The van der Waals surface area contributed by atoms with Crippen molar-refractivity contribution in [3.63, 3.8) is 0 Å². The molecule has 1 atom stereocenters. The van der Waals surface area contributed by atoms with Gasteiger partial charge in [-0.15, -0.1) is 11.3 Å². The number of hydrogen-bond donors (Lipinski definition) is 0. The van der Waals surface area contributed by atoms with Crippen LogP contribution in [-0.4, -0.2) is 26.9 Å². The van der Waals surface area contributed by atoms with E-state index in [1.165, 1.54) is 11.3 Å². The van der Waals surface area contributed by atoms with Gasteiger partial charge in [0.1, 0.15) is 16.9 Å². The van der Waals surface area contributed by atoms with Gasteiger partial charge in [-0.2, -0.15) is 0 Å². The second-order valence-electron chi connectivity index (χ2n) is 6.26. The molecule has 1 amide bonds. The summed E-state index contributed by atoms with van der Waals surface area (Å²) < 4.78 is 2.06. The number of aromatic nitrogens is 2. The van der Waals surface area contributed by atoms with Crippen LogP contribution in [0.25, 0.3) is 5.69 Å². The van der Waals surface area contributed by atoms with E-state index in [9.17, 15) is 4.79 Å². The molecule has 2 aromatic heterocycles. The Morgan fingerprint density at radius 2 is 2.04 bits per heavy atom. The van der Waals surface area contributed by atoms with Crippen LogP contribution in [-0.2, 0) is 0 Å². The van der Waals surface area contributed by atoms with Gasteiger partial charge in [-0.25, -0.2) is 4.98 Å². The smallest absolute Gasteiger partial charge is 0.266 e. The van der Waals surface area contributed by atoms with Crippen molar-refractivity contribution in [2.75, 3.05) is 6.54 Å². The summed E-state index contributed by atoms with van der Waals surface area (Å²) in [6.45, 7) is 0.803. The molecule has 0 spiro atoms. The molecule has 5 rings (SSSR count). The van der Waals surface area contributed by atoms with Gasteiger partial charge < -0.3 is 4.90 Å². The van der Waals surface area contributed by atoms with E-state index in [4.69, 9.17) is 0 Å². The molecule has 1 aromatic carbocycles. The minimum absolute atomic E-state index is 0.0645. The van der Waals surface area contributed by atoms with E-state index < -0.39 is 0 Å². The maximum Gasteiger partial charge on any atom is 0.266 e. The van der Waals surface area contributed by atoms with E-state index >= 15 is 0 Å². The van der Waals surface area contributed by atoms with Crippen molar-refractivity contribution in [2.24, 2.45) is 0 Å². The first-order chi connectivity index (χ1) is 12.3. The summed E-state index contributed by atoms with van der Waals surface area (Å²) in [7, 11) is 0. The Hall–Kier alpha value is -2.84. The summed E-state index contributed by atoms with van der Waals surface area (Å²) in [5.41, 5.74) is 3.71. The molecule has 1 fully saturated rings. The maximum atomic E-state index is 12.9. The summed E-state index contributed by atoms with van der Waals surface area (Å²) in [5.74, 6) is 6.57. The fourth-order valence-electron chi connectivity index (χ4n) is 3.69. The predicted octanol–water partition coefficient (Wildman–Crippen LogP) is 3.62. The standard InChI is InChI=1S/C20H15N3OS/c24-20-19-17(10-12-25-19)23-13-21-15(9-8-14-5-2-1-3-6-14)18(23)16-7-4-11-22(16)20/h1-3,5-6,10,12-13,16H,4,7,11H2/t16-/m0/s1. The van der Waals surface area contributed by atoms with Crippen LogP contribution in [0.3, 0.4) is 0 Å². The molecule has 0 bridgehead atoms. The molecule has 4 nitrogen and oxygen atoms in total. The van der Waals surface area contributed by atoms with Gasteiger partial charge in [0, 0.05) is 12.1 Å². The van der Waals surface area contributed by atoms with Crippen molar-refractivity contribution >= 4 is 17.2 Å². The number of carbonyl (C=O) groups is 1. The molecule has 3 aromatic rings. The monoisotopic (exact) mass is 345 g/mol. The molecule has 25 heavy (non-hydrogen) atoms. The molecule has 0 unspecified atom stereocenters. The Kier molecular flexibility index (Phi) is 3.25. The molecule has 0 aliphatic carbocycles. The molecule has 5 heteroatoms. The van der Waals surface area contributed by atoms with Crippen LogP contribution in [0, 0.1) is 11.8 Å². The number of nitrogens with zero attached hydrogens (tertiary/aromatic N) is 3. The van der Waals surface area contributed by atoms with E-state index in [0.717, 1.165) is 46.9 Å². The fourth-order valence-corrected chi connectivity index (χ4v) is 4.53. The summed E-state index contributed by atoms with van der Waals surface area (Å²) in [6, 6.07) is 12.0. The van der Waals surface area contributed by atoms with Crippen molar-refractivity contribution in [2.45, 2.75) is 18.9 Å². The molecular formula is C20H15N3OS. The van der Waals surface area contributed by atoms with Crippen LogP contribution in [0.5, 0.6) is 0 Å². The molecule has 0 radical (unpaired) electrons. The molecule has 1 saturated heterocycles. The van der Waals surface area contributed by atoms with E-state index in [-0.39, 0.29) is 11.9 Å². The van der Waals surface area contributed by atoms with Crippen LogP contribution in [0.1, 0.15) is 45.5 Å². The highest BCUT2D eigenvalue weighted by Gasteiger charge is 2.39. The van der Waals surface area contributed by atoms with Crippen molar-refractivity contribution in [3.05, 3.63) is 69.9 Å². The Morgan fingerprint density at radius 1 is 1.16 bits per heavy atom. The lowest BCUT2D eigenvalue weighted by Crippen LogP contribution is -2.29. The summed E-state index contributed by atoms with van der Waals surface area (Å²) in [5, 5.41) is 1.97. The van der Waals surface area contributed by atoms with E-state index in [0.29, 0.717) is 0 Å². The Balaban J connectivity index is 1.68. The number of imidazole rings is 1. The number of benzene rings is 1. The first-order valence-electron chi connectivity index (χ1n) is 8.36. The van der Waals surface area contributed by atoms with Crippen molar-refractivity contribution < 1.29 is 4.79 Å². The van der Waals surface area contributed by atoms with Gasteiger partial charge >= 0.3 is 0 Å². The summed E-state index contributed by atoms with van der Waals surface area (Å²) in [4.78, 5) is 20.3. The van der Waals surface area contributed by atoms with E-state index in [1.807, 2.05) is 53.0 Å². The number of amides is 1. The molecule has 2 aliphatic rings. The number of hydrogen-bond acceptors (Lipinski definition) is 3. The molecule has 122 valence electrons. The zero-order chi connectivity index (χ0) is 16.8. The molecule has 2 aliphatic heterocycles. The van der Waals surface area contributed by atoms with E-state index in [1.54, 1.807) is 0 Å². The SMILES string of the molecule is O=C1c2sccc2-n2cnc(C#Cc3ccccc3)c2[C@@H]2CCCN12. The Bertz CT molecular complexity index is 1020. The van der Waals surface area contributed by atoms with Gasteiger partial charge in [0.2, 0.25) is 0 Å². The van der Waals surface area contributed by atoms with Crippen molar-refractivity contribution in [1.29, 1.82) is 0 Å². The molecule has 4 heterocycles. The third-order valence-corrected chi connectivity index (χ3v) is 5.72. The summed E-state index contributed by atoms with van der Waals surface area (Å²) in [6.07, 6.45) is 3.80. The van der Waals surface area contributed by atoms with Crippen LogP contribution in [0.15, 0.2) is 48.1 Å². The lowest BCUT2D eigenvalue weighted by Gasteiger charge is -2.22. The highest BCUT2D eigenvalue weighted by Crippen LogP contribution is 2.40. The number of thiophene rings is 1. The maximum absolute atomic E-state index is 12.9. The third-order valence-electron chi connectivity index (χ3n) is 4.83. The van der Waals surface area contributed by atoms with Gasteiger partial charge in [-0.3, -0.25) is 9.36 Å². The lowest BCUT2D eigenvalue weighted by molar-refractivity contribution is 0.0743. The van der Waals surface area contributed by atoms with Gasteiger partial charge in [0.05, 0.1) is 17.4 Å². The molecule has 0 saturated carbocycles. The van der Waals surface area contributed by atoms with Gasteiger partial charge in [-0.05, 0) is 42.3 Å². The minimum atomic E-state index is 0.0645. The average molecular weight is 345 g/mol. The quantitative estimate of drug-likeness (QED) is 0.584. The van der Waals surface area contributed by atoms with Gasteiger partial charge in [-0.1, -0.05) is 24.1 Å². The Morgan fingerprint density at radius 3 is 2.92 bits per heavy atom. The lowest BCUT2D eigenvalue weighted by atomic mass is 10.1. The second kappa shape index (κ2) is 5.61. The average Bonchev–Trinajstić information content (AvgIpc) is 3.36. The minimum Gasteiger partial charge on any atom is -0.329 e. The van der Waals surface area contributed by atoms with Crippen LogP contribution in [0.2, 0.25) is 0 Å². The predicted molar refractivity (Wildman–Crippen MR) is 96.9 cm³/mol. The van der Waals surface area contributed by atoms with Gasteiger partial charge in [0.25, 0.3) is 5.91 Å². The first kappa shape index (κ1) is 14.5. The van der Waals surface area contributed by atoms with Crippen LogP contribution in [0.4, 0.5) is 0 Å². The normalized spacial score (nSPS) is 18.0. The van der Waals surface area contributed by atoms with Gasteiger partial charge in [0.15, 0.2) is 0 Å². The van der Waals surface area contributed by atoms with Crippen LogP contribution < -0.4 is 0 Å². The largest absolute Gasteiger partial charge is 0.329 e. The second-order valence-corrected chi connectivity index (χ2v) is 7.17. The van der Waals surface area contributed by atoms with Crippen molar-refractivity contribution in [3.8, 4) is 17.5 Å². The zero-order valence-electron chi connectivity index (χ0n) is 13.5. The van der Waals surface area contributed by atoms with E-state index in [2.05, 4.69) is 21.4 Å². The highest BCUT2D eigenvalue weighted by atomic mass is 32.1. The molecule has 0 N–H and O–H groups in total. The Labute approximate surface area is 149 Å². The van der Waals surface area contributed by atoms with Crippen molar-refractivity contribution in [1.82, 2.24) is 14.5 Å². The fraction of sp³-hybridized carbons (Fsp3) is 0.200. The molecular weight excluding hydrogens is 330 g/mol. The topological polar surface area (TPSA) is 38.1 Å².